The first-order valence-electron chi connectivity index (χ1n) is 4.25. The lowest BCUT2D eigenvalue weighted by molar-refractivity contribution is -0.145. The third-order valence-corrected chi connectivity index (χ3v) is 1.64. The van der Waals surface area contributed by atoms with E-state index in [1.54, 1.807) is 0 Å². The number of benzene rings is 1. The molecule has 0 atom stereocenters. The van der Waals surface area contributed by atoms with E-state index in [0.29, 0.717) is 0 Å². The highest BCUT2D eigenvalue weighted by Crippen LogP contribution is 2.18. The topological polar surface area (TPSA) is 101 Å². The van der Waals surface area contributed by atoms with Gasteiger partial charge in [0.15, 0.2) is 0 Å². The van der Waals surface area contributed by atoms with Gasteiger partial charge >= 0.3 is 17.9 Å². The van der Waals surface area contributed by atoms with Gasteiger partial charge in [-0.1, -0.05) is 12.1 Å². The van der Waals surface area contributed by atoms with Crippen molar-refractivity contribution in [2.45, 2.75) is 6.42 Å². The summed E-state index contributed by atoms with van der Waals surface area (Å²) in [5.74, 6) is -3.76. The highest BCUT2D eigenvalue weighted by Gasteiger charge is 2.15. The molecule has 84 valence electrons. The molecule has 0 unspecified atom stereocenters. The van der Waals surface area contributed by atoms with Crippen molar-refractivity contribution in [1.29, 1.82) is 0 Å². The van der Waals surface area contributed by atoms with Gasteiger partial charge in [-0.05, 0) is 12.1 Å². The van der Waals surface area contributed by atoms with E-state index in [0.717, 1.165) is 0 Å². The summed E-state index contributed by atoms with van der Waals surface area (Å²) >= 11 is 0. The van der Waals surface area contributed by atoms with Crippen molar-refractivity contribution in [1.82, 2.24) is 0 Å². The number of carbonyl (C=O) groups excluding carboxylic acids is 1. The van der Waals surface area contributed by atoms with Gasteiger partial charge in [-0.15, -0.1) is 0 Å². The lowest BCUT2D eigenvalue weighted by atomic mass is 10.2. The van der Waals surface area contributed by atoms with E-state index in [4.69, 9.17) is 10.2 Å². The first kappa shape index (κ1) is 11.7. The summed E-state index contributed by atoms with van der Waals surface area (Å²) in [5, 5.41) is 17.1. The third-order valence-electron chi connectivity index (χ3n) is 1.64. The first-order valence-corrected chi connectivity index (χ1v) is 4.25. The van der Waals surface area contributed by atoms with Crippen molar-refractivity contribution in [2.75, 3.05) is 0 Å². The minimum absolute atomic E-state index is 0.166. The van der Waals surface area contributed by atoms with E-state index in [1.807, 2.05) is 0 Å². The minimum Gasteiger partial charge on any atom is -0.481 e. The lowest BCUT2D eigenvalue weighted by Crippen LogP contribution is -2.15. The number of carboxylic acids is 2. The normalized spacial score (nSPS) is 9.50. The number of aromatic carboxylic acids is 1. The zero-order valence-corrected chi connectivity index (χ0v) is 8.04. The fourth-order valence-electron chi connectivity index (χ4n) is 1.01. The minimum atomic E-state index is -1.34. The Morgan fingerprint density at radius 2 is 1.75 bits per heavy atom. The smallest absolute Gasteiger partial charge is 0.339 e. The second kappa shape index (κ2) is 4.92. The van der Waals surface area contributed by atoms with Crippen molar-refractivity contribution < 1.29 is 29.3 Å². The molecule has 0 saturated carbocycles. The van der Waals surface area contributed by atoms with Crippen molar-refractivity contribution in [3.63, 3.8) is 0 Å². The van der Waals surface area contributed by atoms with Crippen LogP contribution in [0.25, 0.3) is 0 Å². The summed E-state index contributed by atoms with van der Waals surface area (Å²) in [4.78, 5) is 31.9. The zero-order valence-electron chi connectivity index (χ0n) is 8.04. The highest BCUT2D eigenvalue weighted by atomic mass is 16.5. The molecule has 6 nitrogen and oxygen atoms in total. The van der Waals surface area contributed by atoms with E-state index < -0.39 is 24.3 Å². The van der Waals surface area contributed by atoms with Gasteiger partial charge in [0, 0.05) is 0 Å². The summed E-state index contributed by atoms with van der Waals surface area (Å²) in [7, 11) is 0. The molecule has 0 bridgehead atoms. The van der Waals surface area contributed by atoms with Crippen molar-refractivity contribution >= 4 is 17.9 Å². The largest absolute Gasteiger partial charge is 0.481 e. The predicted octanol–water partition coefficient (Wildman–Crippen LogP) is 0.765. The Labute approximate surface area is 90.1 Å². The fraction of sp³-hybridized carbons (Fsp3) is 0.100. The molecule has 6 heteroatoms. The van der Waals surface area contributed by atoms with Crippen LogP contribution >= 0.6 is 0 Å². The maximum absolute atomic E-state index is 11.0. The van der Waals surface area contributed by atoms with Crippen LogP contribution in [-0.2, 0) is 9.59 Å². The van der Waals surface area contributed by atoms with Crippen LogP contribution in [0.1, 0.15) is 16.8 Å². The first-order chi connectivity index (χ1) is 7.50. The molecule has 0 aromatic heterocycles. The number of aliphatic carboxylic acids is 1. The van der Waals surface area contributed by atoms with Crippen LogP contribution in [-0.4, -0.2) is 28.1 Å². The number of carboxylic acid groups (broad SMARTS) is 2. The number of rotatable bonds is 4. The zero-order chi connectivity index (χ0) is 12.1. The Bertz CT molecular complexity index is 437. The Morgan fingerprint density at radius 1 is 1.12 bits per heavy atom. The van der Waals surface area contributed by atoms with Gasteiger partial charge in [0.05, 0.1) is 0 Å². The van der Waals surface area contributed by atoms with E-state index in [-0.39, 0.29) is 11.3 Å². The molecule has 0 aliphatic rings. The molecule has 0 radical (unpaired) electrons. The molecule has 0 fully saturated rings. The predicted molar refractivity (Wildman–Crippen MR) is 51.3 cm³/mol. The second-order valence-electron chi connectivity index (χ2n) is 2.85. The molecule has 0 amide bonds. The number of carbonyl (C=O) groups is 3. The molecule has 0 spiro atoms. The Kier molecular flexibility index (Phi) is 3.60. The average Bonchev–Trinajstić information content (AvgIpc) is 2.16. The number of ether oxygens (including phenoxy) is 1. The van der Waals surface area contributed by atoms with Gasteiger partial charge in [-0.25, -0.2) is 4.79 Å². The monoisotopic (exact) mass is 224 g/mol. The second-order valence-corrected chi connectivity index (χ2v) is 2.85. The SMILES string of the molecule is O=C(O)CC(=O)Oc1ccccc1C(=O)O. The van der Waals surface area contributed by atoms with Gasteiger partial charge in [0.25, 0.3) is 0 Å². The van der Waals surface area contributed by atoms with E-state index in [2.05, 4.69) is 4.74 Å². The molecule has 0 aliphatic heterocycles. The van der Waals surface area contributed by atoms with Crippen LogP contribution in [0.5, 0.6) is 5.75 Å². The Balaban J connectivity index is 2.84. The van der Waals surface area contributed by atoms with E-state index >= 15 is 0 Å². The highest BCUT2D eigenvalue weighted by molar-refractivity contribution is 5.94. The maximum Gasteiger partial charge on any atom is 0.339 e. The Hall–Kier alpha value is -2.37. The van der Waals surface area contributed by atoms with Crippen LogP contribution in [0.2, 0.25) is 0 Å². The number of esters is 1. The summed E-state index contributed by atoms with van der Waals surface area (Å²) < 4.78 is 4.62. The summed E-state index contributed by atoms with van der Waals surface area (Å²) in [6.45, 7) is 0. The molecule has 1 aromatic rings. The van der Waals surface area contributed by atoms with Crippen LogP contribution in [0.4, 0.5) is 0 Å². The summed E-state index contributed by atoms with van der Waals surface area (Å²) in [6.07, 6.45) is -0.812. The summed E-state index contributed by atoms with van der Waals surface area (Å²) in [6, 6.07) is 5.49. The maximum atomic E-state index is 11.0. The summed E-state index contributed by atoms with van der Waals surface area (Å²) in [5.41, 5.74) is -0.193. The van der Waals surface area contributed by atoms with Crippen LogP contribution in [0.3, 0.4) is 0 Å². The molecule has 16 heavy (non-hydrogen) atoms. The molecule has 0 saturated heterocycles. The molecule has 1 rings (SSSR count). The van der Waals surface area contributed by atoms with Gasteiger partial charge in [-0.3, -0.25) is 9.59 Å². The Morgan fingerprint density at radius 3 is 2.31 bits per heavy atom. The molecule has 0 aliphatic carbocycles. The molecule has 0 heterocycles. The molecule has 1 aromatic carbocycles. The van der Waals surface area contributed by atoms with Gasteiger partial charge in [-0.2, -0.15) is 0 Å². The average molecular weight is 224 g/mol. The van der Waals surface area contributed by atoms with Gasteiger partial charge < -0.3 is 14.9 Å². The quantitative estimate of drug-likeness (QED) is 0.445. The van der Waals surface area contributed by atoms with Crippen molar-refractivity contribution in [3.8, 4) is 5.75 Å². The van der Waals surface area contributed by atoms with Crippen LogP contribution < -0.4 is 4.74 Å². The van der Waals surface area contributed by atoms with Gasteiger partial charge in [0.2, 0.25) is 0 Å². The van der Waals surface area contributed by atoms with E-state index in [1.165, 1.54) is 24.3 Å². The van der Waals surface area contributed by atoms with Crippen molar-refractivity contribution in [2.24, 2.45) is 0 Å². The molecular weight excluding hydrogens is 216 g/mol. The van der Waals surface area contributed by atoms with E-state index in [9.17, 15) is 14.4 Å². The number of hydrogen-bond acceptors (Lipinski definition) is 4. The number of para-hydroxylation sites is 1. The third kappa shape index (κ3) is 3.09. The van der Waals surface area contributed by atoms with Gasteiger partial charge in [0.1, 0.15) is 17.7 Å². The standard InChI is InChI=1S/C10H8O6/c11-8(12)5-9(13)16-7-4-2-1-3-6(7)10(14)15/h1-4H,5H2,(H,11,12)(H,14,15). The number of hydrogen-bond donors (Lipinski definition) is 2. The fourth-order valence-corrected chi connectivity index (χ4v) is 1.01. The molecular formula is C10H8O6. The van der Waals surface area contributed by atoms with Crippen molar-refractivity contribution in [3.05, 3.63) is 29.8 Å². The van der Waals surface area contributed by atoms with Crippen LogP contribution in [0.15, 0.2) is 24.3 Å². The van der Waals surface area contributed by atoms with Crippen LogP contribution in [0, 0.1) is 0 Å². The lowest BCUT2D eigenvalue weighted by Gasteiger charge is -2.05. The molecule has 2 N–H and O–H groups in total.